The molecule has 15 heavy (non-hydrogen) atoms. The molecule has 2 rings (SSSR count). The minimum absolute atomic E-state index is 0.0236. The number of rotatable bonds is 2. The molecule has 0 spiro atoms. The minimum Gasteiger partial charge on any atom is -0.390 e. The van der Waals surface area contributed by atoms with Crippen LogP contribution in [0.1, 0.15) is 32.9 Å². The highest BCUT2D eigenvalue weighted by Gasteiger charge is 2.19. The van der Waals surface area contributed by atoms with Gasteiger partial charge in [0.15, 0.2) is 0 Å². The highest BCUT2D eigenvalue weighted by Crippen LogP contribution is 2.23. The van der Waals surface area contributed by atoms with Crippen LogP contribution in [0.4, 0.5) is 0 Å². The molecule has 3 nitrogen and oxygen atoms in total. The predicted octanol–water partition coefficient (Wildman–Crippen LogP) is 0.386. The summed E-state index contributed by atoms with van der Waals surface area (Å²) in [7, 11) is 0. The topological polar surface area (TPSA) is 38.0 Å². The summed E-state index contributed by atoms with van der Waals surface area (Å²) in [6, 6.07) is 0. The van der Waals surface area contributed by atoms with Gasteiger partial charge in [0.2, 0.25) is 0 Å². The van der Waals surface area contributed by atoms with Crippen molar-refractivity contribution in [2.24, 2.45) is 5.41 Å². The van der Waals surface area contributed by atoms with Crippen LogP contribution in [0.3, 0.4) is 0 Å². The quantitative estimate of drug-likeness (QED) is 0.760. The fourth-order valence-corrected chi connectivity index (χ4v) is 2.08. The zero-order valence-corrected chi connectivity index (χ0v) is 9.62. The Kier molecular flexibility index (Phi) is 2.43. The van der Waals surface area contributed by atoms with Crippen LogP contribution in [-0.2, 0) is 13.2 Å². The zero-order chi connectivity index (χ0) is 11.1. The fourth-order valence-electron chi connectivity index (χ4n) is 2.08. The van der Waals surface area contributed by atoms with Crippen molar-refractivity contribution in [2.45, 2.75) is 40.3 Å². The van der Waals surface area contributed by atoms with E-state index in [0.29, 0.717) is 0 Å². The Morgan fingerprint density at radius 3 is 2.87 bits per heavy atom. The van der Waals surface area contributed by atoms with Crippen LogP contribution in [0.25, 0.3) is 12.2 Å². The number of nitrogens with zero attached hydrogens (tertiary/aromatic N) is 2. The molecule has 82 valence electrons. The highest BCUT2D eigenvalue weighted by atomic mass is 16.3. The first-order valence-corrected chi connectivity index (χ1v) is 5.47. The maximum absolute atomic E-state index is 9.26. The average molecular weight is 206 g/mol. The normalized spacial score (nSPS) is 17.9. The summed E-state index contributed by atoms with van der Waals surface area (Å²) < 4.78 is 1.96. The van der Waals surface area contributed by atoms with E-state index < -0.39 is 0 Å². The van der Waals surface area contributed by atoms with Gasteiger partial charge in [-0.25, -0.2) is 0 Å². The number of fused-ring (bicyclic) bond motifs is 1. The van der Waals surface area contributed by atoms with Crippen molar-refractivity contribution in [3.05, 3.63) is 16.3 Å². The van der Waals surface area contributed by atoms with E-state index in [4.69, 9.17) is 0 Å². The number of hydrogen-bond acceptors (Lipinski definition) is 2. The molecule has 0 saturated heterocycles. The first kappa shape index (κ1) is 10.4. The second-order valence-electron chi connectivity index (χ2n) is 4.76. The summed E-state index contributed by atoms with van der Waals surface area (Å²) in [6.45, 7) is 7.36. The highest BCUT2D eigenvalue weighted by molar-refractivity contribution is 5.43. The van der Waals surface area contributed by atoms with Gasteiger partial charge in [-0.1, -0.05) is 26.0 Å². The maximum atomic E-state index is 9.26. The van der Waals surface area contributed by atoms with Crippen molar-refractivity contribution in [2.75, 3.05) is 0 Å². The molecule has 1 N–H and O–H groups in total. The lowest BCUT2D eigenvalue weighted by molar-refractivity contribution is 0.274. The Bertz CT molecular complexity index is 482. The molecule has 0 amide bonds. The van der Waals surface area contributed by atoms with E-state index in [1.807, 2.05) is 4.68 Å². The van der Waals surface area contributed by atoms with Gasteiger partial charge in [-0.2, -0.15) is 5.10 Å². The number of aliphatic hydroxyl groups is 1. The van der Waals surface area contributed by atoms with Crippen LogP contribution in [-0.4, -0.2) is 14.9 Å². The minimum atomic E-state index is 0.0236. The van der Waals surface area contributed by atoms with E-state index >= 15 is 0 Å². The first-order valence-electron chi connectivity index (χ1n) is 5.47. The van der Waals surface area contributed by atoms with Crippen LogP contribution in [0.15, 0.2) is 0 Å². The zero-order valence-electron chi connectivity index (χ0n) is 9.62. The Morgan fingerprint density at radius 1 is 1.53 bits per heavy atom. The molecule has 1 aromatic heterocycles. The van der Waals surface area contributed by atoms with Crippen molar-refractivity contribution in [1.82, 2.24) is 9.78 Å². The molecule has 0 radical (unpaired) electrons. The lowest BCUT2D eigenvalue weighted by Gasteiger charge is -2.20. The van der Waals surface area contributed by atoms with Crippen molar-refractivity contribution in [1.29, 1.82) is 0 Å². The second kappa shape index (κ2) is 3.49. The monoisotopic (exact) mass is 206 g/mol. The molecule has 0 atom stereocenters. The van der Waals surface area contributed by atoms with E-state index in [2.05, 4.69) is 38.0 Å². The van der Waals surface area contributed by atoms with Crippen molar-refractivity contribution in [3.63, 3.8) is 0 Å². The summed E-state index contributed by atoms with van der Waals surface area (Å²) in [5.74, 6) is 0. The Labute approximate surface area is 89.7 Å². The van der Waals surface area contributed by atoms with E-state index in [0.717, 1.165) is 23.9 Å². The number of aliphatic hydroxyl groups excluding tert-OH is 1. The molecule has 1 aliphatic carbocycles. The van der Waals surface area contributed by atoms with Crippen LogP contribution in [0.5, 0.6) is 0 Å². The molecular formula is C12H18N2O. The summed E-state index contributed by atoms with van der Waals surface area (Å²) in [4.78, 5) is 0. The van der Waals surface area contributed by atoms with Gasteiger partial charge < -0.3 is 5.11 Å². The summed E-state index contributed by atoms with van der Waals surface area (Å²) in [5, 5.41) is 15.9. The second-order valence-corrected chi connectivity index (χ2v) is 4.76. The number of aromatic nitrogens is 2. The van der Waals surface area contributed by atoms with E-state index in [1.165, 1.54) is 5.35 Å². The smallest absolute Gasteiger partial charge is 0.0954 e. The van der Waals surface area contributed by atoms with Crippen molar-refractivity contribution < 1.29 is 5.11 Å². The standard InChI is InChI=1S/C12H18N2O/c1-4-14-11-5-6-12(2,3)7-9(11)10(8-15)13-14/h5,7,15H,4,6,8H2,1-3H3. The van der Waals surface area contributed by atoms with Gasteiger partial charge in [0, 0.05) is 11.8 Å². The van der Waals surface area contributed by atoms with Gasteiger partial charge in [0.1, 0.15) is 0 Å². The van der Waals surface area contributed by atoms with Gasteiger partial charge >= 0.3 is 0 Å². The molecule has 1 heterocycles. The molecular weight excluding hydrogens is 188 g/mol. The fraction of sp³-hybridized carbons (Fsp3) is 0.583. The van der Waals surface area contributed by atoms with Crippen LogP contribution in [0, 0.1) is 5.41 Å². The van der Waals surface area contributed by atoms with Crippen LogP contribution >= 0.6 is 0 Å². The van der Waals surface area contributed by atoms with Gasteiger partial charge in [0.25, 0.3) is 0 Å². The summed E-state index contributed by atoms with van der Waals surface area (Å²) in [5.41, 5.74) is 0.981. The maximum Gasteiger partial charge on any atom is 0.0954 e. The van der Waals surface area contributed by atoms with E-state index in [9.17, 15) is 5.11 Å². The third kappa shape index (κ3) is 1.72. The van der Waals surface area contributed by atoms with Gasteiger partial charge in [-0.3, -0.25) is 4.68 Å². The number of hydrogen-bond donors (Lipinski definition) is 1. The molecule has 0 aromatic carbocycles. The van der Waals surface area contributed by atoms with E-state index in [1.54, 1.807) is 0 Å². The van der Waals surface area contributed by atoms with Crippen molar-refractivity contribution >= 4 is 12.2 Å². The van der Waals surface area contributed by atoms with Gasteiger partial charge in [0.05, 0.1) is 17.6 Å². The molecule has 0 fully saturated rings. The van der Waals surface area contributed by atoms with Crippen LogP contribution < -0.4 is 10.6 Å². The third-order valence-electron chi connectivity index (χ3n) is 2.91. The first-order chi connectivity index (χ1) is 7.07. The molecule has 0 aliphatic heterocycles. The Balaban J connectivity index is 2.73. The SMILES string of the molecule is CCn1nc(CO)c2c1=CCC(C)(C)C=2. The molecule has 3 heteroatoms. The Morgan fingerprint density at radius 2 is 2.27 bits per heavy atom. The van der Waals surface area contributed by atoms with Crippen molar-refractivity contribution in [3.8, 4) is 0 Å². The molecule has 1 aromatic rings. The molecule has 0 saturated carbocycles. The lowest BCUT2D eigenvalue weighted by atomic mass is 9.85. The van der Waals surface area contributed by atoms with Crippen LogP contribution in [0.2, 0.25) is 0 Å². The largest absolute Gasteiger partial charge is 0.390 e. The van der Waals surface area contributed by atoms with Gasteiger partial charge in [-0.05, 0) is 18.8 Å². The molecule has 0 bridgehead atoms. The summed E-state index contributed by atoms with van der Waals surface area (Å²) >= 11 is 0. The average Bonchev–Trinajstić information content (AvgIpc) is 2.53. The predicted molar refractivity (Wildman–Crippen MR) is 60.4 cm³/mol. The Hall–Kier alpha value is -1.09. The molecule has 1 aliphatic rings. The number of aryl methyl sites for hydroxylation is 1. The third-order valence-corrected chi connectivity index (χ3v) is 2.91. The van der Waals surface area contributed by atoms with Gasteiger partial charge in [-0.15, -0.1) is 0 Å². The summed E-state index contributed by atoms with van der Waals surface area (Å²) in [6.07, 6.45) is 5.49. The van der Waals surface area contributed by atoms with E-state index in [-0.39, 0.29) is 12.0 Å². The lowest BCUT2D eigenvalue weighted by Crippen LogP contribution is -2.35. The molecule has 0 unspecified atom stereocenters.